The van der Waals surface area contributed by atoms with Gasteiger partial charge in [-0.25, -0.2) is 4.39 Å². The van der Waals surface area contributed by atoms with Crippen molar-refractivity contribution in [2.75, 3.05) is 12.3 Å². The number of amides is 2. The number of carbonyl (C=O) groups is 4. The summed E-state index contributed by atoms with van der Waals surface area (Å²) in [6, 6.07) is 3.58. The van der Waals surface area contributed by atoms with Crippen molar-refractivity contribution >= 4 is 35.5 Å². The topological polar surface area (TPSA) is 159 Å². The zero-order chi connectivity index (χ0) is 21.1. The number of hydrogen-bond donors (Lipinski definition) is 5. The number of benzene rings is 1. The fourth-order valence-electron chi connectivity index (χ4n) is 2.02. The van der Waals surface area contributed by atoms with Crippen LogP contribution in [0.4, 0.5) is 4.39 Å². The van der Waals surface area contributed by atoms with Crippen LogP contribution in [0.25, 0.3) is 0 Å². The summed E-state index contributed by atoms with van der Waals surface area (Å²) in [5, 5.41) is 22.0. The van der Waals surface area contributed by atoms with Crippen molar-refractivity contribution in [3.8, 4) is 0 Å². The minimum atomic E-state index is -1.24. The molecule has 154 valence electrons. The molecule has 0 aliphatic rings. The highest BCUT2D eigenvalue weighted by atomic mass is 32.2. The summed E-state index contributed by atoms with van der Waals surface area (Å²) in [6.45, 7) is -0.599. The van der Waals surface area contributed by atoms with Crippen LogP contribution in [0, 0.1) is 5.82 Å². The van der Waals surface area contributed by atoms with Crippen LogP contribution >= 0.6 is 11.8 Å². The van der Waals surface area contributed by atoms with Gasteiger partial charge in [0.25, 0.3) is 0 Å². The summed E-state index contributed by atoms with van der Waals surface area (Å²) in [5.41, 5.74) is 6.15. The van der Waals surface area contributed by atoms with E-state index in [0.717, 1.165) is 5.56 Å². The lowest BCUT2D eigenvalue weighted by Crippen LogP contribution is -2.49. The highest BCUT2D eigenvalue weighted by molar-refractivity contribution is 7.98. The first-order valence-corrected chi connectivity index (χ1v) is 9.44. The Balaban J connectivity index is 2.60. The number of carboxylic acids is 2. The molecule has 2 amide bonds. The molecule has 28 heavy (non-hydrogen) atoms. The fourth-order valence-corrected chi connectivity index (χ4v) is 3.04. The molecular weight excluding hydrogens is 393 g/mol. The van der Waals surface area contributed by atoms with Gasteiger partial charge in [0.05, 0.1) is 0 Å². The average molecular weight is 415 g/mol. The molecule has 0 aliphatic heterocycles. The summed E-state index contributed by atoms with van der Waals surface area (Å²) in [4.78, 5) is 45.4. The SMILES string of the molecule is NC(CCC(=O)NC(CSCc1ccc(F)cc1)C(=O)NCC(=O)O)C(=O)O. The van der Waals surface area contributed by atoms with Crippen LogP contribution in [-0.2, 0) is 24.9 Å². The second-order valence-electron chi connectivity index (χ2n) is 5.86. The molecule has 0 bridgehead atoms. The van der Waals surface area contributed by atoms with Crippen LogP contribution in [0.1, 0.15) is 18.4 Å². The van der Waals surface area contributed by atoms with Crippen LogP contribution in [0.15, 0.2) is 24.3 Å². The first kappa shape index (κ1) is 23.4. The molecule has 9 nitrogen and oxygen atoms in total. The normalized spacial score (nSPS) is 12.6. The Kier molecular flexibility index (Phi) is 9.96. The summed E-state index contributed by atoms with van der Waals surface area (Å²) in [6.07, 6.45) is -0.299. The quantitative estimate of drug-likeness (QED) is 0.317. The van der Waals surface area contributed by atoms with Gasteiger partial charge in [-0.15, -0.1) is 0 Å². The molecular formula is C17H22FN3O6S. The highest BCUT2D eigenvalue weighted by Crippen LogP contribution is 2.14. The molecule has 6 N–H and O–H groups in total. The number of nitrogens with one attached hydrogen (secondary N) is 2. The van der Waals surface area contributed by atoms with Crippen molar-refractivity contribution in [2.45, 2.75) is 30.7 Å². The van der Waals surface area contributed by atoms with Gasteiger partial charge in [-0.2, -0.15) is 11.8 Å². The van der Waals surface area contributed by atoms with Crippen molar-refractivity contribution < 1.29 is 33.8 Å². The van der Waals surface area contributed by atoms with Crippen LogP contribution in [0.2, 0.25) is 0 Å². The minimum Gasteiger partial charge on any atom is -0.480 e. The van der Waals surface area contributed by atoms with Crippen LogP contribution < -0.4 is 16.4 Å². The average Bonchev–Trinajstić information content (AvgIpc) is 2.64. The van der Waals surface area contributed by atoms with E-state index in [1.807, 2.05) is 0 Å². The smallest absolute Gasteiger partial charge is 0.322 e. The zero-order valence-electron chi connectivity index (χ0n) is 14.9. The van der Waals surface area contributed by atoms with Gasteiger partial charge in [0.15, 0.2) is 0 Å². The van der Waals surface area contributed by atoms with E-state index in [1.165, 1.54) is 23.9 Å². The lowest BCUT2D eigenvalue weighted by molar-refractivity contribution is -0.139. The number of aliphatic carboxylic acids is 2. The Morgan fingerprint density at radius 3 is 2.36 bits per heavy atom. The van der Waals surface area contributed by atoms with Gasteiger partial charge in [-0.3, -0.25) is 19.2 Å². The highest BCUT2D eigenvalue weighted by Gasteiger charge is 2.22. The Morgan fingerprint density at radius 1 is 1.14 bits per heavy atom. The Morgan fingerprint density at radius 2 is 1.79 bits per heavy atom. The third kappa shape index (κ3) is 9.33. The molecule has 0 saturated heterocycles. The third-order valence-corrected chi connectivity index (χ3v) is 4.64. The molecule has 0 fully saturated rings. The standard InChI is InChI=1S/C17H22FN3O6S/c18-11-3-1-10(2-4-11)8-28-9-13(16(25)20-7-15(23)24)21-14(22)6-5-12(19)17(26)27/h1-4,12-13H,5-9,19H2,(H,20,25)(H,21,22)(H,23,24)(H,26,27). The van der Waals surface area contributed by atoms with Gasteiger partial charge in [-0.1, -0.05) is 12.1 Å². The monoisotopic (exact) mass is 415 g/mol. The lowest BCUT2D eigenvalue weighted by Gasteiger charge is -2.18. The third-order valence-electron chi connectivity index (χ3n) is 3.53. The van der Waals surface area contributed by atoms with Crippen molar-refractivity contribution in [3.63, 3.8) is 0 Å². The second-order valence-corrected chi connectivity index (χ2v) is 6.89. The first-order chi connectivity index (χ1) is 13.2. The number of rotatable bonds is 12. The summed E-state index contributed by atoms with van der Waals surface area (Å²) < 4.78 is 12.9. The summed E-state index contributed by atoms with van der Waals surface area (Å²) in [5.74, 6) is -3.50. The number of halogens is 1. The van der Waals surface area contributed by atoms with Gasteiger partial charge in [-0.05, 0) is 24.1 Å². The molecule has 1 aromatic rings. The number of carboxylic acid groups (broad SMARTS) is 2. The van der Waals surface area contributed by atoms with Crippen LogP contribution in [0.3, 0.4) is 0 Å². The van der Waals surface area contributed by atoms with E-state index in [2.05, 4.69) is 10.6 Å². The number of hydrogen-bond acceptors (Lipinski definition) is 6. The molecule has 2 unspecified atom stereocenters. The Bertz CT molecular complexity index is 701. The van der Waals surface area contributed by atoms with Gasteiger partial charge < -0.3 is 26.6 Å². The van der Waals surface area contributed by atoms with Gasteiger partial charge in [0, 0.05) is 17.9 Å². The van der Waals surface area contributed by atoms with E-state index < -0.39 is 42.4 Å². The minimum absolute atomic E-state index is 0.104. The molecule has 1 aromatic carbocycles. The van der Waals surface area contributed by atoms with Crippen LogP contribution in [0.5, 0.6) is 0 Å². The van der Waals surface area contributed by atoms with E-state index in [1.54, 1.807) is 12.1 Å². The number of thioether (sulfide) groups is 1. The van der Waals surface area contributed by atoms with Gasteiger partial charge in [0.2, 0.25) is 11.8 Å². The molecule has 0 heterocycles. The van der Waals surface area contributed by atoms with Gasteiger partial charge in [0.1, 0.15) is 24.4 Å². The van der Waals surface area contributed by atoms with Crippen molar-refractivity contribution in [3.05, 3.63) is 35.6 Å². The van der Waals surface area contributed by atoms with Crippen molar-refractivity contribution in [1.29, 1.82) is 0 Å². The molecule has 2 atom stereocenters. The largest absolute Gasteiger partial charge is 0.480 e. The summed E-state index contributed by atoms with van der Waals surface area (Å²) >= 11 is 1.29. The Hall–Kier alpha value is -2.66. The molecule has 11 heteroatoms. The van der Waals surface area contributed by atoms with E-state index in [9.17, 15) is 23.6 Å². The molecule has 0 radical (unpaired) electrons. The van der Waals surface area contributed by atoms with E-state index in [-0.39, 0.29) is 24.4 Å². The molecule has 0 saturated carbocycles. The van der Waals surface area contributed by atoms with E-state index >= 15 is 0 Å². The zero-order valence-corrected chi connectivity index (χ0v) is 15.7. The fraction of sp³-hybridized carbons (Fsp3) is 0.412. The predicted molar refractivity (Wildman–Crippen MR) is 100.0 cm³/mol. The van der Waals surface area contributed by atoms with E-state index in [0.29, 0.717) is 5.75 Å². The molecule has 0 aliphatic carbocycles. The maximum atomic E-state index is 12.9. The molecule has 1 rings (SSSR count). The maximum Gasteiger partial charge on any atom is 0.322 e. The van der Waals surface area contributed by atoms with Gasteiger partial charge >= 0.3 is 11.9 Å². The maximum absolute atomic E-state index is 12.9. The Labute approximate surface area is 164 Å². The van der Waals surface area contributed by atoms with E-state index in [4.69, 9.17) is 15.9 Å². The number of nitrogens with two attached hydrogens (primary N) is 1. The summed E-state index contributed by atoms with van der Waals surface area (Å²) in [7, 11) is 0. The molecule has 0 aromatic heterocycles. The van der Waals surface area contributed by atoms with Crippen molar-refractivity contribution in [2.24, 2.45) is 5.73 Å². The predicted octanol–water partition coefficient (Wildman–Crippen LogP) is -0.0634. The molecule has 0 spiro atoms. The van der Waals surface area contributed by atoms with Crippen molar-refractivity contribution in [1.82, 2.24) is 10.6 Å². The lowest BCUT2D eigenvalue weighted by atomic mass is 10.1. The number of carbonyl (C=O) groups excluding carboxylic acids is 2. The first-order valence-electron chi connectivity index (χ1n) is 8.28. The van der Waals surface area contributed by atoms with Crippen LogP contribution in [-0.4, -0.2) is 58.3 Å². The second kappa shape index (κ2) is 11.9.